The summed E-state index contributed by atoms with van der Waals surface area (Å²) in [6.45, 7) is 2.01. The number of hydrogen-bond donors (Lipinski definition) is 1. The number of anilines is 1. The number of hydrogen-bond acceptors (Lipinski definition) is 2. The van der Waals surface area contributed by atoms with Gasteiger partial charge >= 0.3 is 0 Å². The number of halogens is 2. The summed E-state index contributed by atoms with van der Waals surface area (Å²) in [7, 11) is 0. The molecule has 1 aromatic carbocycles. The molecule has 1 aliphatic rings. The fourth-order valence-corrected chi connectivity index (χ4v) is 3.27. The predicted octanol–water partition coefficient (Wildman–Crippen LogP) is 5.38. The van der Waals surface area contributed by atoms with Crippen LogP contribution < -0.4 is 5.32 Å². The van der Waals surface area contributed by atoms with E-state index in [9.17, 15) is 5.26 Å². The van der Waals surface area contributed by atoms with Gasteiger partial charge in [0.05, 0.1) is 11.1 Å². The van der Waals surface area contributed by atoms with Gasteiger partial charge in [-0.05, 0) is 59.8 Å². The van der Waals surface area contributed by atoms with Crippen LogP contribution in [0.3, 0.4) is 0 Å². The van der Waals surface area contributed by atoms with Crippen LogP contribution in [0.25, 0.3) is 0 Å². The van der Waals surface area contributed by atoms with Crippen molar-refractivity contribution < 1.29 is 0 Å². The largest absolute Gasteiger partial charge is 0.367 e. The second-order valence-corrected chi connectivity index (χ2v) is 6.66. The molecule has 1 fully saturated rings. The Labute approximate surface area is 128 Å². The number of nitrogens with zero attached hydrogens (tertiary/aromatic N) is 1. The van der Waals surface area contributed by atoms with Gasteiger partial charge in [-0.15, -0.1) is 0 Å². The number of rotatable bonds is 3. The van der Waals surface area contributed by atoms with Gasteiger partial charge in [0.15, 0.2) is 0 Å². The Morgan fingerprint density at radius 2 is 2.05 bits per heavy atom. The summed E-state index contributed by atoms with van der Waals surface area (Å²) < 4.78 is 0.850. The highest BCUT2D eigenvalue weighted by Crippen LogP contribution is 2.35. The predicted molar refractivity (Wildman–Crippen MR) is 83.4 cm³/mol. The SMILES string of the molecule is CC(C#N)(Nc1ccc(Cl)c(Br)c1)C1CCCCC1. The van der Waals surface area contributed by atoms with Crippen LogP contribution in [0.2, 0.25) is 5.02 Å². The van der Waals surface area contributed by atoms with Gasteiger partial charge in [-0.3, -0.25) is 0 Å². The van der Waals surface area contributed by atoms with Gasteiger partial charge in [0.25, 0.3) is 0 Å². The zero-order valence-electron chi connectivity index (χ0n) is 11.0. The first-order chi connectivity index (χ1) is 9.05. The van der Waals surface area contributed by atoms with Gasteiger partial charge < -0.3 is 5.32 Å². The molecule has 1 atom stereocenters. The molecule has 1 N–H and O–H groups in total. The summed E-state index contributed by atoms with van der Waals surface area (Å²) in [4.78, 5) is 0. The molecule has 0 radical (unpaired) electrons. The maximum Gasteiger partial charge on any atom is 0.125 e. The van der Waals surface area contributed by atoms with E-state index in [1.165, 1.54) is 19.3 Å². The molecule has 19 heavy (non-hydrogen) atoms. The highest BCUT2D eigenvalue weighted by molar-refractivity contribution is 9.10. The first-order valence-electron chi connectivity index (χ1n) is 6.69. The summed E-state index contributed by atoms with van der Waals surface area (Å²) in [6.07, 6.45) is 6.02. The van der Waals surface area contributed by atoms with E-state index < -0.39 is 5.54 Å². The van der Waals surface area contributed by atoms with Gasteiger partial charge in [0, 0.05) is 10.2 Å². The first-order valence-corrected chi connectivity index (χ1v) is 7.87. The minimum absolute atomic E-state index is 0.417. The first kappa shape index (κ1) is 14.7. The quantitative estimate of drug-likeness (QED) is 0.801. The van der Waals surface area contributed by atoms with Crippen LogP contribution in [0.5, 0.6) is 0 Å². The van der Waals surface area contributed by atoms with E-state index in [0.717, 1.165) is 23.0 Å². The van der Waals surface area contributed by atoms with Gasteiger partial charge in [0.1, 0.15) is 5.54 Å². The molecule has 2 nitrogen and oxygen atoms in total. The lowest BCUT2D eigenvalue weighted by molar-refractivity contribution is 0.286. The molecule has 0 bridgehead atoms. The van der Waals surface area contributed by atoms with Crippen molar-refractivity contribution in [3.05, 3.63) is 27.7 Å². The Morgan fingerprint density at radius 1 is 1.37 bits per heavy atom. The molecule has 0 aliphatic heterocycles. The summed E-state index contributed by atoms with van der Waals surface area (Å²) in [6, 6.07) is 8.16. The van der Waals surface area contributed by atoms with Gasteiger partial charge in [0.2, 0.25) is 0 Å². The molecule has 1 aliphatic carbocycles. The van der Waals surface area contributed by atoms with Crippen LogP contribution in [-0.4, -0.2) is 5.54 Å². The molecule has 0 heterocycles. The van der Waals surface area contributed by atoms with Crippen LogP contribution in [0.15, 0.2) is 22.7 Å². The Morgan fingerprint density at radius 3 is 2.63 bits per heavy atom. The molecule has 0 saturated heterocycles. The molecular weight excluding hydrogens is 324 g/mol. The van der Waals surface area contributed by atoms with Crippen molar-refractivity contribution in [2.24, 2.45) is 5.92 Å². The van der Waals surface area contributed by atoms with Gasteiger partial charge in [-0.1, -0.05) is 30.9 Å². The maximum absolute atomic E-state index is 9.57. The van der Waals surface area contributed by atoms with E-state index in [1.807, 2.05) is 25.1 Å². The lowest BCUT2D eigenvalue weighted by Crippen LogP contribution is -2.42. The molecule has 102 valence electrons. The van der Waals surface area contributed by atoms with E-state index in [-0.39, 0.29) is 0 Å². The molecule has 0 aromatic heterocycles. The van der Waals surface area contributed by atoms with Crippen LogP contribution in [0, 0.1) is 17.2 Å². The lowest BCUT2D eigenvalue weighted by atomic mass is 9.76. The topological polar surface area (TPSA) is 35.8 Å². The van der Waals surface area contributed by atoms with Crippen molar-refractivity contribution in [2.75, 3.05) is 5.32 Å². The summed E-state index contributed by atoms with van der Waals surface area (Å²) in [5, 5.41) is 13.6. The molecule has 2 rings (SSSR count). The van der Waals surface area contributed by atoms with E-state index in [2.05, 4.69) is 27.3 Å². The zero-order chi connectivity index (χ0) is 13.9. The van der Waals surface area contributed by atoms with Crippen molar-refractivity contribution in [1.29, 1.82) is 5.26 Å². The molecule has 0 spiro atoms. The molecule has 4 heteroatoms. The highest BCUT2D eigenvalue weighted by atomic mass is 79.9. The van der Waals surface area contributed by atoms with Crippen LogP contribution in [-0.2, 0) is 0 Å². The maximum atomic E-state index is 9.57. The van der Waals surface area contributed by atoms with E-state index >= 15 is 0 Å². The normalized spacial score (nSPS) is 19.5. The third-order valence-electron chi connectivity index (χ3n) is 3.98. The van der Waals surface area contributed by atoms with Crippen LogP contribution in [0.1, 0.15) is 39.0 Å². The van der Waals surface area contributed by atoms with Crippen molar-refractivity contribution in [3.8, 4) is 6.07 Å². The smallest absolute Gasteiger partial charge is 0.125 e. The standard InChI is InChI=1S/C15H18BrClN2/c1-15(10-18,11-5-3-2-4-6-11)19-12-7-8-14(17)13(16)9-12/h7-9,11,19H,2-6H2,1H3. The Kier molecular flexibility index (Phi) is 4.76. The van der Waals surface area contributed by atoms with E-state index in [4.69, 9.17) is 11.6 Å². The number of benzene rings is 1. The number of nitriles is 1. The highest BCUT2D eigenvalue weighted by Gasteiger charge is 2.35. The van der Waals surface area contributed by atoms with Crippen molar-refractivity contribution >= 4 is 33.2 Å². The molecule has 0 amide bonds. The minimum atomic E-state index is -0.506. The van der Waals surface area contributed by atoms with Crippen molar-refractivity contribution in [3.63, 3.8) is 0 Å². The average molecular weight is 342 g/mol. The fraction of sp³-hybridized carbons (Fsp3) is 0.533. The average Bonchev–Trinajstić information content (AvgIpc) is 2.44. The Balaban J connectivity index is 2.17. The number of nitrogens with one attached hydrogen (secondary N) is 1. The van der Waals surface area contributed by atoms with Crippen molar-refractivity contribution in [2.45, 2.75) is 44.6 Å². The van der Waals surface area contributed by atoms with Crippen LogP contribution >= 0.6 is 27.5 Å². The van der Waals surface area contributed by atoms with Crippen molar-refractivity contribution in [1.82, 2.24) is 0 Å². The second-order valence-electron chi connectivity index (χ2n) is 5.40. The second kappa shape index (κ2) is 6.15. The summed E-state index contributed by atoms with van der Waals surface area (Å²) in [5.74, 6) is 0.417. The minimum Gasteiger partial charge on any atom is -0.367 e. The molecular formula is C15H18BrClN2. The monoisotopic (exact) mass is 340 g/mol. The van der Waals surface area contributed by atoms with Gasteiger partial charge in [-0.25, -0.2) is 0 Å². The Hall–Kier alpha value is -0.720. The van der Waals surface area contributed by atoms with E-state index in [1.54, 1.807) is 0 Å². The Bertz CT molecular complexity index is 491. The third kappa shape index (κ3) is 3.43. The summed E-state index contributed by atoms with van der Waals surface area (Å²) in [5.41, 5.74) is 0.430. The third-order valence-corrected chi connectivity index (χ3v) is 5.19. The lowest BCUT2D eigenvalue weighted by Gasteiger charge is -2.36. The molecule has 1 aromatic rings. The molecule has 1 saturated carbocycles. The fourth-order valence-electron chi connectivity index (χ4n) is 2.77. The zero-order valence-corrected chi connectivity index (χ0v) is 13.4. The molecule has 1 unspecified atom stereocenters. The van der Waals surface area contributed by atoms with E-state index in [0.29, 0.717) is 10.9 Å². The summed E-state index contributed by atoms with van der Waals surface area (Å²) >= 11 is 9.41. The van der Waals surface area contributed by atoms with Crippen LogP contribution in [0.4, 0.5) is 5.69 Å². The van der Waals surface area contributed by atoms with Gasteiger partial charge in [-0.2, -0.15) is 5.26 Å².